The number of carboxylic acid groups (broad SMARTS) is 1. The fraction of sp³-hybridized carbons (Fsp3) is 0.154. The lowest BCUT2D eigenvalue weighted by Gasteiger charge is -2.06. The van der Waals surface area contributed by atoms with Crippen molar-refractivity contribution in [3.63, 3.8) is 0 Å². The smallest absolute Gasteiger partial charge is 0.354 e. The zero-order valence-corrected chi connectivity index (χ0v) is 11.1. The number of hydrogen-bond donors (Lipinski definition) is 2. The Labute approximate surface area is 119 Å². The molecule has 8 nitrogen and oxygen atoms in total. The summed E-state index contributed by atoms with van der Waals surface area (Å²) in [6.45, 7) is 1.97. The van der Waals surface area contributed by atoms with E-state index in [1.807, 2.05) is 0 Å². The van der Waals surface area contributed by atoms with Crippen molar-refractivity contribution in [2.24, 2.45) is 0 Å². The van der Waals surface area contributed by atoms with Gasteiger partial charge in [-0.3, -0.25) is 10.1 Å². The van der Waals surface area contributed by atoms with Crippen molar-refractivity contribution in [2.45, 2.75) is 13.5 Å². The van der Waals surface area contributed by atoms with Gasteiger partial charge in [0.2, 0.25) is 5.82 Å². The Balaban J connectivity index is 2.13. The number of aromatic nitrogens is 2. The van der Waals surface area contributed by atoms with E-state index in [0.717, 1.165) is 0 Å². The zero-order valence-electron chi connectivity index (χ0n) is 11.1. The van der Waals surface area contributed by atoms with E-state index in [1.165, 1.54) is 24.5 Å². The van der Waals surface area contributed by atoms with E-state index in [9.17, 15) is 14.9 Å². The largest absolute Gasteiger partial charge is 0.477 e. The van der Waals surface area contributed by atoms with Crippen LogP contribution in [-0.2, 0) is 6.54 Å². The molecule has 0 saturated carbocycles. The number of nitrogens with one attached hydrogen (secondary N) is 1. The molecule has 2 rings (SSSR count). The lowest BCUT2D eigenvalue weighted by atomic mass is 10.2. The maximum Gasteiger partial charge on any atom is 0.354 e. The number of rotatable bonds is 5. The molecule has 0 unspecified atom stereocenters. The Kier molecular flexibility index (Phi) is 4.07. The van der Waals surface area contributed by atoms with Crippen LogP contribution in [0, 0.1) is 17.0 Å². The van der Waals surface area contributed by atoms with Crippen LogP contribution in [0.4, 0.5) is 11.5 Å². The molecular weight excluding hydrogens is 276 g/mol. The van der Waals surface area contributed by atoms with Crippen LogP contribution in [0.2, 0.25) is 0 Å². The van der Waals surface area contributed by atoms with Gasteiger partial charge in [0, 0.05) is 25.0 Å². The first-order valence-corrected chi connectivity index (χ1v) is 6.00. The molecule has 0 atom stereocenters. The summed E-state index contributed by atoms with van der Waals surface area (Å²) in [4.78, 5) is 28.9. The normalized spacial score (nSPS) is 10.1. The van der Waals surface area contributed by atoms with E-state index < -0.39 is 10.9 Å². The summed E-state index contributed by atoms with van der Waals surface area (Å²) in [5, 5.41) is 22.5. The fourth-order valence-electron chi connectivity index (χ4n) is 1.67. The van der Waals surface area contributed by atoms with Crippen molar-refractivity contribution in [3.8, 4) is 0 Å². The van der Waals surface area contributed by atoms with Crippen LogP contribution in [0.5, 0.6) is 0 Å². The molecule has 108 valence electrons. The Morgan fingerprint density at radius 2 is 2.14 bits per heavy atom. The van der Waals surface area contributed by atoms with Crippen LogP contribution in [0.25, 0.3) is 0 Å². The fourth-order valence-corrected chi connectivity index (χ4v) is 1.67. The van der Waals surface area contributed by atoms with Gasteiger partial charge in [-0.2, -0.15) is 0 Å². The van der Waals surface area contributed by atoms with Crippen molar-refractivity contribution in [2.75, 3.05) is 5.32 Å². The standard InChI is InChI=1S/C13H12N4O4/c1-8-4-11(17(20)21)12(15-5-8)16-7-9-2-3-10(13(18)19)14-6-9/h2-6H,7H2,1H3,(H,15,16)(H,18,19). The molecule has 0 aliphatic heterocycles. The quantitative estimate of drug-likeness (QED) is 0.638. The Morgan fingerprint density at radius 1 is 1.38 bits per heavy atom. The monoisotopic (exact) mass is 288 g/mol. The number of hydrogen-bond acceptors (Lipinski definition) is 6. The van der Waals surface area contributed by atoms with Crippen LogP contribution in [-0.4, -0.2) is 26.0 Å². The number of anilines is 1. The Bertz CT molecular complexity index is 685. The first-order valence-electron chi connectivity index (χ1n) is 6.00. The van der Waals surface area contributed by atoms with E-state index in [2.05, 4.69) is 15.3 Å². The molecule has 2 N–H and O–H groups in total. The summed E-state index contributed by atoms with van der Waals surface area (Å²) in [5.74, 6) is -0.946. The highest BCUT2D eigenvalue weighted by atomic mass is 16.6. The number of pyridine rings is 2. The van der Waals surface area contributed by atoms with Gasteiger partial charge in [-0.05, 0) is 24.1 Å². The molecule has 21 heavy (non-hydrogen) atoms. The Morgan fingerprint density at radius 3 is 2.71 bits per heavy atom. The third-order valence-electron chi connectivity index (χ3n) is 2.70. The predicted molar refractivity (Wildman–Crippen MR) is 74.2 cm³/mol. The second-order valence-electron chi connectivity index (χ2n) is 4.35. The molecule has 0 amide bonds. The number of nitrogens with zero attached hydrogens (tertiary/aromatic N) is 3. The summed E-state index contributed by atoms with van der Waals surface area (Å²) in [6.07, 6.45) is 2.93. The van der Waals surface area contributed by atoms with Crippen molar-refractivity contribution in [3.05, 3.63) is 57.5 Å². The molecule has 0 aliphatic carbocycles. The van der Waals surface area contributed by atoms with Gasteiger partial charge in [0.25, 0.3) is 0 Å². The zero-order chi connectivity index (χ0) is 15.4. The first kappa shape index (κ1) is 14.4. The van der Waals surface area contributed by atoms with E-state index in [1.54, 1.807) is 13.0 Å². The van der Waals surface area contributed by atoms with Crippen LogP contribution < -0.4 is 5.32 Å². The molecule has 0 radical (unpaired) electrons. The maximum absolute atomic E-state index is 11.0. The van der Waals surface area contributed by atoms with Crippen molar-refractivity contribution in [1.29, 1.82) is 0 Å². The van der Waals surface area contributed by atoms with E-state index in [-0.39, 0.29) is 23.7 Å². The van der Waals surface area contributed by atoms with Gasteiger partial charge in [-0.1, -0.05) is 6.07 Å². The molecular formula is C13H12N4O4. The summed E-state index contributed by atoms with van der Waals surface area (Å²) >= 11 is 0. The molecule has 0 saturated heterocycles. The number of aromatic carboxylic acids is 1. The van der Waals surface area contributed by atoms with Gasteiger partial charge in [-0.15, -0.1) is 0 Å². The number of nitro groups is 1. The highest BCUT2D eigenvalue weighted by Crippen LogP contribution is 2.22. The molecule has 0 bridgehead atoms. The van der Waals surface area contributed by atoms with Crippen molar-refractivity contribution >= 4 is 17.5 Å². The van der Waals surface area contributed by atoms with Crippen LogP contribution in [0.3, 0.4) is 0 Å². The topological polar surface area (TPSA) is 118 Å². The van der Waals surface area contributed by atoms with Gasteiger partial charge in [0.15, 0.2) is 0 Å². The summed E-state index contributed by atoms with van der Waals surface area (Å²) in [5.41, 5.74) is 1.22. The minimum atomic E-state index is -1.11. The predicted octanol–water partition coefficient (Wildman–Crippen LogP) is 2.00. The Hall–Kier alpha value is -3.03. The molecule has 0 fully saturated rings. The van der Waals surface area contributed by atoms with Crippen molar-refractivity contribution in [1.82, 2.24) is 9.97 Å². The third kappa shape index (κ3) is 3.50. The minimum Gasteiger partial charge on any atom is -0.477 e. The highest BCUT2D eigenvalue weighted by Gasteiger charge is 2.15. The lowest BCUT2D eigenvalue weighted by molar-refractivity contribution is -0.384. The molecule has 2 aromatic heterocycles. The lowest BCUT2D eigenvalue weighted by Crippen LogP contribution is -2.06. The molecule has 0 spiro atoms. The maximum atomic E-state index is 11.0. The van der Waals surface area contributed by atoms with Gasteiger partial charge in [0.05, 0.1) is 4.92 Å². The number of aryl methyl sites for hydroxylation is 1. The van der Waals surface area contributed by atoms with Crippen LogP contribution in [0.1, 0.15) is 21.6 Å². The summed E-state index contributed by atoms with van der Waals surface area (Å²) in [6, 6.07) is 4.39. The minimum absolute atomic E-state index is 0.0572. The highest BCUT2D eigenvalue weighted by molar-refractivity contribution is 5.85. The van der Waals surface area contributed by atoms with Crippen molar-refractivity contribution < 1.29 is 14.8 Å². The second kappa shape index (κ2) is 5.95. The molecule has 2 aromatic rings. The SMILES string of the molecule is Cc1cnc(NCc2ccc(C(=O)O)nc2)c([N+](=O)[O-])c1. The summed E-state index contributed by atoms with van der Waals surface area (Å²) < 4.78 is 0. The number of carbonyl (C=O) groups is 1. The van der Waals surface area contributed by atoms with Crippen LogP contribution in [0.15, 0.2) is 30.6 Å². The molecule has 0 aliphatic rings. The van der Waals surface area contributed by atoms with E-state index >= 15 is 0 Å². The van der Waals surface area contributed by atoms with Gasteiger partial charge in [-0.25, -0.2) is 14.8 Å². The second-order valence-corrected chi connectivity index (χ2v) is 4.35. The van der Waals surface area contributed by atoms with Crippen LogP contribution >= 0.6 is 0 Å². The van der Waals surface area contributed by atoms with E-state index in [4.69, 9.17) is 5.11 Å². The molecule has 0 aromatic carbocycles. The average molecular weight is 288 g/mol. The number of carboxylic acids is 1. The third-order valence-corrected chi connectivity index (χ3v) is 2.70. The molecule has 2 heterocycles. The van der Waals surface area contributed by atoms with Gasteiger partial charge in [0.1, 0.15) is 5.69 Å². The van der Waals surface area contributed by atoms with E-state index in [0.29, 0.717) is 11.1 Å². The van der Waals surface area contributed by atoms with Gasteiger partial charge < -0.3 is 10.4 Å². The molecule has 8 heteroatoms. The summed E-state index contributed by atoms with van der Waals surface area (Å²) in [7, 11) is 0. The average Bonchev–Trinajstić information content (AvgIpc) is 2.46. The van der Waals surface area contributed by atoms with Gasteiger partial charge >= 0.3 is 11.7 Å². The first-order chi connectivity index (χ1) is 9.97.